The van der Waals surface area contributed by atoms with Gasteiger partial charge >= 0.3 is 0 Å². The van der Waals surface area contributed by atoms with Gasteiger partial charge in [-0.25, -0.2) is 4.98 Å². The summed E-state index contributed by atoms with van der Waals surface area (Å²) >= 11 is 6.02. The summed E-state index contributed by atoms with van der Waals surface area (Å²) in [4.78, 5) is 6.73. The van der Waals surface area contributed by atoms with Crippen LogP contribution in [0.3, 0.4) is 0 Å². The first-order chi connectivity index (χ1) is 9.15. The number of halogens is 1. The molecule has 1 saturated heterocycles. The number of hydrogen-bond donors (Lipinski definition) is 0. The van der Waals surface area contributed by atoms with Crippen LogP contribution in [0.15, 0.2) is 16.8 Å². The first kappa shape index (κ1) is 12.7. The molecular formula is C13H17ClN4O. The van der Waals surface area contributed by atoms with Crippen LogP contribution in [0.2, 0.25) is 5.15 Å². The van der Waals surface area contributed by atoms with Crippen LogP contribution in [-0.4, -0.2) is 26.2 Å². The molecule has 3 rings (SSSR count). The molecule has 1 aliphatic rings. The molecule has 2 aromatic rings. The summed E-state index contributed by atoms with van der Waals surface area (Å²) < 4.78 is 7.33. The Hall–Kier alpha value is -1.33. The van der Waals surface area contributed by atoms with Gasteiger partial charge in [0.2, 0.25) is 0 Å². The predicted molar refractivity (Wildman–Crippen MR) is 71.8 cm³/mol. The molecule has 102 valence electrons. The Morgan fingerprint density at radius 3 is 3.00 bits per heavy atom. The van der Waals surface area contributed by atoms with Gasteiger partial charge in [0.15, 0.2) is 5.76 Å². The highest BCUT2D eigenvalue weighted by Gasteiger charge is 2.29. The number of likely N-dealkylation sites (tertiary alicyclic amines) is 1. The summed E-state index contributed by atoms with van der Waals surface area (Å²) in [7, 11) is 1.94. The van der Waals surface area contributed by atoms with Crippen molar-refractivity contribution < 1.29 is 4.52 Å². The number of aryl methyl sites for hydroxylation is 1. The number of rotatable bonds is 3. The van der Waals surface area contributed by atoms with E-state index in [1.165, 1.54) is 6.42 Å². The first-order valence-corrected chi connectivity index (χ1v) is 6.86. The van der Waals surface area contributed by atoms with E-state index < -0.39 is 0 Å². The number of aromatic nitrogens is 3. The molecule has 0 saturated carbocycles. The van der Waals surface area contributed by atoms with Crippen LogP contribution in [0.5, 0.6) is 0 Å². The highest BCUT2D eigenvalue weighted by Crippen LogP contribution is 2.33. The van der Waals surface area contributed by atoms with Crippen molar-refractivity contribution in [1.82, 2.24) is 19.6 Å². The predicted octanol–water partition coefficient (Wildman–Crippen LogP) is 2.71. The zero-order valence-electron chi connectivity index (χ0n) is 11.1. The van der Waals surface area contributed by atoms with E-state index in [1.807, 2.05) is 24.6 Å². The molecule has 0 aromatic carbocycles. The van der Waals surface area contributed by atoms with Crippen molar-refractivity contribution >= 4 is 11.6 Å². The van der Waals surface area contributed by atoms with Crippen LogP contribution in [0, 0.1) is 6.92 Å². The maximum Gasteiger partial charge on any atom is 0.154 e. The Balaban J connectivity index is 1.78. The molecule has 1 unspecified atom stereocenters. The highest BCUT2D eigenvalue weighted by molar-refractivity contribution is 6.29. The summed E-state index contributed by atoms with van der Waals surface area (Å²) in [6.45, 7) is 3.79. The Morgan fingerprint density at radius 1 is 1.53 bits per heavy atom. The second-order valence-electron chi connectivity index (χ2n) is 5.06. The lowest BCUT2D eigenvalue weighted by Gasteiger charge is -2.21. The van der Waals surface area contributed by atoms with E-state index in [-0.39, 0.29) is 0 Å². The molecule has 1 fully saturated rings. The standard InChI is InChI=1S/C13H17ClN4O/c1-9-6-11(19-16-9)10-4-3-5-18(10)8-13-15-7-12(14)17(13)2/h6-7,10H,3-5,8H2,1-2H3. The third kappa shape index (κ3) is 2.40. The molecule has 19 heavy (non-hydrogen) atoms. The molecule has 0 bridgehead atoms. The van der Waals surface area contributed by atoms with Crippen molar-refractivity contribution in [3.8, 4) is 0 Å². The minimum atomic E-state index is 0.302. The van der Waals surface area contributed by atoms with E-state index in [0.717, 1.165) is 36.8 Å². The Labute approximate surface area is 117 Å². The Kier molecular flexibility index (Phi) is 3.33. The number of hydrogen-bond acceptors (Lipinski definition) is 4. The van der Waals surface area contributed by atoms with Crippen LogP contribution in [0.1, 0.15) is 36.2 Å². The minimum Gasteiger partial charge on any atom is -0.359 e. The van der Waals surface area contributed by atoms with Gasteiger partial charge in [-0.1, -0.05) is 16.8 Å². The van der Waals surface area contributed by atoms with Crippen molar-refractivity contribution in [3.63, 3.8) is 0 Å². The molecule has 1 aliphatic heterocycles. The van der Waals surface area contributed by atoms with Crippen LogP contribution in [-0.2, 0) is 13.6 Å². The van der Waals surface area contributed by atoms with E-state index in [9.17, 15) is 0 Å². The molecule has 0 amide bonds. The van der Waals surface area contributed by atoms with Crippen molar-refractivity contribution in [1.29, 1.82) is 0 Å². The normalized spacial score (nSPS) is 20.3. The monoisotopic (exact) mass is 280 g/mol. The van der Waals surface area contributed by atoms with Crippen molar-refractivity contribution in [3.05, 3.63) is 34.7 Å². The van der Waals surface area contributed by atoms with Gasteiger partial charge in [-0.3, -0.25) is 4.90 Å². The fourth-order valence-corrected chi connectivity index (χ4v) is 2.78. The van der Waals surface area contributed by atoms with Crippen LogP contribution in [0.25, 0.3) is 0 Å². The van der Waals surface area contributed by atoms with E-state index in [1.54, 1.807) is 6.20 Å². The van der Waals surface area contributed by atoms with Gasteiger partial charge in [0.1, 0.15) is 11.0 Å². The third-order valence-corrected chi connectivity index (χ3v) is 4.06. The second kappa shape index (κ2) is 4.98. The maximum absolute atomic E-state index is 6.02. The van der Waals surface area contributed by atoms with Gasteiger partial charge in [0.05, 0.1) is 24.5 Å². The number of imidazole rings is 1. The van der Waals surface area contributed by atoms with Gasteiger partial charge in [0, 0.05) is 13.1 Å². The lowest BCUT2D eigenvalue weighted by atomic mass is 10.1. The molecule has 2 aromatic heterocycles. The van der Waals surface area contributed by atoms with Gasteiger partial charge in [-0.05, 0) is 26.3 Å². The fraction of sp³-hybridized carbons (Fsp3) is 0.538. The second-order valence-corrected chi connectivity index (χ2v) is 5.44. The van der Waals surface area contributed by atoms with Gasteiger partial charge in [-0.2, -0.15) is 0 Å². The highest BCUT2D eigenvalue weighted by atomic mass is 35.5. The van der Waals surface area contributed by atoms with Crippen LogP contribution in [0.4, 0.5) is 0 Å². The third-order valence-electron chi connectivity index (χ3n) is 3.71. The summed E-state index contributed by atoms with van der Waals surface area (Å²) in [5.74, 6) is 1.93. The first-order valence-electron chi connectivity index (χ1n) is 6.48. The summed E-state index contributed by atoms with van der Waals surface area (Å²) in [5, 5.41) is 4.65. The van der Waals surface area contributed by atoms with Crippen LogP contribution < -0.4 is 0 Å². The largest absolute Gasteiger partial charge is 0.359 e. The van der Waals surface area contributed by atoms with Crippen molar-refractivity contribution in [2.75, 3.05) is 6.54 Å². The molecular weight excluding hydrogens is 264 g/mol. The average molecular weight is 281 g/mol. The zero-order valence-corrected chi connectivity index (χ0v) is 11.9. The van der Waals surface area contributed by atoms with E-state index in [4.69, 9.17) is 16.1 Å². The molecule has 6 heteroatoms. The lowest BCUT2D eigenvalue weighted by Crippen LogP contribution is -2.24. The Morgan fingerprint density at radius 2 is 2.37 bits per heavy atom. The van der Waals surface area contributed by atoms with Gasteiger partial charge in [0.25, 0.3) is 0 Å². The number of nitrogens with zero attached hydrogens (tertiary/aromatic N) is 4. The Bertz CT molecular complexity index is 577. The zero-order chi connectivity index (χ0) is 13.4. The minimum absolute atomic E-state index is 0.302. The lowest BCUT2D eigenvalue weighted by molar-refractivity contribution is 0.201. The fourth-order valence-electron chi connectivity index (χ4n) is 2.63. The smallest absolute Gasteiger partial charge is 0.154 e. The van der Waals surface area contributed by atoms with Crippen molar-refractivity contribution in [2.45, 2.75) is 32.4 Å². The van der Waals surface area contributed by atoms with E-state index in [0.29, 0.717) is 11.2 Å². The molecule has 0 N–H and O–H groups in total. The van der Waals surface area contributed by atoms with E-state index in [2.05, 4.69) is 15.0 Å². The summed E-state index contributed by atoms with van der Waals surface area (Å²) in [6.07, 6.45) is 3.97. The molecule has 0 radical (unpaired) electrons. The van der Waals surface area contributed by atoms with Gasteiger partial charge < -0.3 is 9.09 Å². The quantitative estimate of drug-likeness (QED) is 0.867. The summed E-state index contributed by atoms with van der Waals surface area (Å²) in [6, 6.07) is 2.32. The SMILES string of the molecule is Cc1cc(C2CCCN2Cc2ncc(Cl)n2C)on1. The molecule has 1 atom stereocenters. The maximum atomic E-state index is 6.02. The van der Waals surface area contributed by atoms with Crippen LogP contribution >= 0.6 is 11.6 Å². The van der Waals surface area contributed by atoms with E-state index >= 15 is 0 Å². The van der Waals surface area contributed by atoms with Gasteiger partial charge in [-0.15, -0.1) is 0 Å². The average Bonchev–Trinajstić information content (AvgIpc) is 3.07. The van der Waals surface area contributed by atoms with Crippen molar-refractivity contribution in [2.24, 2.45) is 7.05 Å². The molecule has 0 spiro atoms. The molecule has 0 aliphatic carbocycles. The molecule has 5 nitrogen and oxygen atoms in total. The summed E-state index contributed by atoms with van der Waals surface area (Å²) in [5.41, 5.74) is 0.932. The topological polar surface area (TPSA) is 47.1 Å². The molecule has 3 heterocycles.